The highest BCUT2D eigenvalue weighted by molar-refractivity contribution is 6.09. The molecule has 0 aromatic heterocycles. The Balaban J connectivity index is 1.19. The Labute approximate surface area is 290 Å². The van der Waals surface area contributed by atoms with Crippen molar-refractivity contribution in [3.8, 4) is 0 Å². The summed E-state index contributed by atoms with van der Waals surface area (Å²) < 4.78 is 20.8. The summed E-state index contributed by atoms with van der Waals surface area (Å²) in [5, 5.41) is 0. The molecule has 4 aromatic rings. The van der Waals surface area contributed by atoms with Gasteiger partial charge in [-0.15, -0.1) is 0 Å². The Kier molecular flexibility index (Phi) is 12.9. The highest BCUT2D eigenvalue weighted by Gasteiger charge is 2.27. The van der Waals surface area contributed by atoms with Crippen molar-refractivity contribution in [2.24, 2.45) is 0 Å². The first-order chi connectivity index (χ1) is 24.0. The van der Waals surface area contributed by atoms with Crippen molar-refractivity contribution in [2.75, 3.05) is 13.2 Å². The number of benzene rings is 4. The van der Waals surface area contributed by atoms with E-state index in [1.54, 1.807) is 111 Å². The highest BCUT2D eigenvalue weighted by Crippen LogP contribution is 2.22. The number of carbonyl (C=O) groups is 6. The fraction of sp³-hybridized carbons (Fsp3) is 0.250. The van der Waals surface area contributed by atoms with Gasteiger partial charge < -0.3 is 18.9 Å². The Morgan fingerprint density at radius 1 is 0.440 bits per heavy atom. The maximum Gasteiger partial charge on any atom is 0.347 e. The Bertz CT molecular complexity index is 1700. The number of hydrogen-bond acceptors (Lipinski definition) is 10. The van der Waals surface area contributed by atoms with Crippen LogP contribution in [-0.4, -0.2) is 60.9 Å². The molecule has 0 aliphatic rings. The summed E-state index contributed by atoms with van der Waals surface area (Å²) in [7, 11) is 0. The third kappa shape index (κ3) is 9.82. The van der Waals surface area contributed by atoms with Crippen molar-refractivity contribution in [3.05, 3.63) is 143 Å². The van der Waals surface area contributed by atoms with Gasteiger partial charge in [0.1, 0.15) is 13.2 Å². The van der Waals surface area contributed by atoms with Gasteiger partial charge in [-0.25, -0.2) is 9.59 Å². The number of ether oxygens (including phenoxy) is 4. The molecular weight excluding hydrogens is 640 g/mol. The minimum Gasteiger partial charge on any atom is -0.459 e. The van der Waals surface area contributed by atoms with Crippen molar-refractivity contribution >= 4 is 35.4 Å². The zero-order valence-electron chi connectivity index (χ0n) is 28.2. The lowest BCUT2D eigenvalue weighted by molar-refractivity contribution is -0.172. The molecule has 0 aliphatic heterocycles. The average Bonchev–Trinajstić information content (AvgIpc) is 3.15. The van der Waals surface area contributed by atoms with Gasteiger partial charge in [0.2, 0.25) is 0 Å². The fourth-order valence-electron chi connectivity index (χ4n) is 4.85. The Morgan fingerprint density at radius 2 is 0.780 bits per heavy atom. The largest absolute Gasteiger partial charge is 0.459 e. The van der Waals surface area contributed by atoms with Crippen molar-refractivity contribution in [1.82, 2.24) is 0 Å². The van der Waals surface area contributed by atoms with E-state index in [1.165, 1.54) is 13.8 Å². The first-order valence-corrected chi connectivity index (χ1v) is 16.1. The first-order valence-electron chi connectivity index (χ1n) is 16.1. The van der Waals surface area contributed by atoms with Crippen LogP contribution in [0.3, 0.4) is 0 Å². The molecule has 4 aromatic carbocycles. The average molecular weight is 679 g/mol. The SMILES string of the molecule is C[C@H](OC(=O)[C@H](C)c1cccc(C(=O)c2ccccc2)c1)C(=O)OCCOC(=O)[C@H](C)OC(=O)[C@H](C)c1cccc(C(=O)c2ccccc2)c1. The fourth-order valence-corrected chi connectivity index (χ4v) is 4.85. The van der Waals surface area contributed by atoms with E-state index in [0.717, 1.165) is 0 Å². The topological polar surface area (TPSA) is 139 Å². The Hall–Kier alpha value is -5.90. The van der Waals surface area contributed by atoms with Crippen molar-refractivity contribution < 1.29 is 47.7 Å². The van der Waals surface area contributed by atoms with Gasteiger partial charge in [-0.05, 0) is 51.0 Å². The molecule has 0 aliphatic carbocycles. The molecule has 258 valence electrons. The molecule has 0 fully saturated rings. The van der Waals surface area contributed by atoms with E-state index in [1.807, 2.05) is 12.1 Å². The van der Waals surface area contributed by atoms with E-state index in [4.69, 9.17) is 18.9 Å². The number of hydrogen-bond donors (Lipinski definition) is 0. The van der Waals surface area contributed by atoms with Crippen LogP contribution in [0.4, 0.5) is 0 Å². The lowest BCUT2D eigenvalue weighted by Gasteiger charge is -2.18. The van der Waals surface area contributed by atoms with Gasteiger partial charge in [0, 0.05) is 22.3 Å². The van der Waals surface area contributed by atoms with Crippen LogP contribution in [-0.2, 0) is 38.1 Å². The van der Waals surface area contributed by atoms with E-state index < -0.39 is 47.9 Å². The summed E-state index contributed by atoms with van der Waals surface area (Å²) in [5.41, 5.74) is 2.94. The van der Waals surface area contributed by atoms with Crippen LogP contribution in [0.15, 0.2) is 109 Å². The van der Waals surface area contributed by atoms with E-state index in [-0.39, 0.29) is 24.8 Å². The van der Waals surface area contributed by atoms with E-state index in [9.17, 15) is 28.8 Å². The number of esters is 4. The summed E-state index contributed by atoms with van der Waals surface area (Å²) in [6.45, 7) is 5.25. The molecule has 0 spiro atoms. The molecule has 0 heterocycles. The molecule has 0 saturated carbocycles. The third-order valence-corrected chi connectivity index (χ3v) is 7.90. The number of ketones is 2. The predicted molar refractivity (Wildman–Crippen MR) is 182 cm³/mol. The molecule has 0 saturated heterocycles. The summed E-state index contributed by atoms with van der Waals surface area (Å²) in [4.78, 5) is 76.1. The molecule has 4 atom stereocenters. The van der Waals surface area contributed by atoms with Crippen LogP contribution in [0.2, 0.25) is 0 Å². The van der Waals surface area contributed by atoms with E-state index in [0.29, 0.717) is 33.4 Å². The van der Waals surface area contributed by atoms with Crippen LogP contribution in [0.25, 0.3) is 0 Å². The molecule has 10 nitrogen and oxygen atoms in total. The van der Waals surface area contributed by atoms with Gasteiger partial charge in [0.05, 0.1) is 11.8 Å². The second kappa shape index (κ2) is 17.5. The van der Waals surface area contributed by atoms with Crippen LogP contribution in [0.5, 0.6) is 0 Å². The molecule has 0 unspecified atom stereocenters. The van der Waals surface area contributed by atoms with Crippen LogP contribution in [0, 0.1) is 0 Å². The minimum atomic E-state index is -1.25. The minimum absolute atomic E-state index is 0.188. The molecule has 0 bridgehead atoms. The second-order valence-corrected chi connectivity index (χ2v) is 11.6. The first kappa shape index (κ1) is 36.9. The summed E-state index contributed by atoms with van der Waals surface area (Å²) in [6, 6.07) is 30.8. The zero-order valence-corrected chi connectivity index (χ0v) is 28.2. The standard InChI is InChI=1S/C40H38O10/c1-25(31-17-11-19-33(23-31)35(41)29-13-7-5-8-14-29)37(43)49-27(3)39(45)47-21-22-48-40(46)28(4)50-38(44)26(2)32-18-12-20-34(24-32)36(42)30-15-9-6-10-16-30/h5-20,23-28H,21-22H2,1-4H3/t25-,26-,27+,28+/m1/s1. The zero-order chi connectivity index (χ0) is 36.2. The van der Waals surface area contributed by atoms with Gasteiger partial charge in [0.15, 0.2) is 23.8 Å². The van der Waals surface area contributed by atoms with Gasteiger partial charge in [-0.2, -0.15) is 0 Å². The molecule has 0 radical (unpaired) electrons. The normalized spacial score (nSPS) is 13.1. The van der Waals surface area contributed by atoms with Gasteiger partial charge in [-0.1, -0.05) is 97.1 Å². The van der Waals surface area contributed by atoms with Gasteiger partial charge >= 0.3 is 23.9 Å². The molecule has 10 heteroatoms. The summed E-state index contributed by atoms with van der Waals surface area (Å²) in [5.74, 6) is -5.01. The predicted octanol–water partition coefficient (Wildman–Crippen LogP) is 6.01. The molecule has 0 amide bonds. The monoisotopic (exact) mass is 678 g/mol. The Morgan fingerprint density at radius 3 is 1.14 bits per heavy atom. The smallest absolute Gasteiger partial charge is 0.347 e. The lowest BCUT2D eigenvalue weighted by atomic mass is 9.96. The third-order valence-electron chi connectivity index (χ3n) is 7.90. The van der Waals surface area contributed by atoms with Gasteiger partial charge in [-0.3, -0.25) is 19.2 Å². The van der Waals surface area contributed by atoms with Crippen molar-refractivity contribution in [1.29, 1.82) is 0 Å². The summed E-state index contributed by atoms with van der Waals surface area (Å²) >= 11 is 0. The molecular formula is C40H38O10. The van der Waals surface area contributed by atoms with E-state index in [2.05, 4.69) is 0 Å². The van der Waals surface area contributed by atoms with E-state index >= 15 is 0 Å². The maximum absolute atomic E-state index is 12.8. The van der Waals surface area contributed by atoms with Crippen molar-refractivity contribution in [3.63, 3.8) is 0 Å². The number of rotatable bonds is 15. The molecule has 50 heavy (non-hydrogen) atoms. The van der Waals surface area contributed by atoms with Crippen LogP contribution in [0.1, 0.15) is 82.5 Å². The maximum atomic E-state index is 12.8. The quantitative estimate of drug-likeness (QED) is 0.0636. The summed E-state index contributed by atoms with van der Waals surface area (Å²) in [6.07, 6.45) is -2.50. The van der Waals surface area contributed by atoms with Gasteiger partial charge in [0.25, 0.3) is 0 Å². The number of carbonyl (C=O) groups excluding carboxylic acids is 6. The molecule has 0 N–H and O–H groups in total. The lowest BCUT2D eigenvalue weighted by Crippen LogP contribution is -2.31. The molecule has 4 rings (SSSR count). The highest BCUT2D eigenvalue weighted by atomic mass is 16.6. The van der Waals surface area contributed by atoms with Crippen LogP contribution >= 0.6 is 0 Å². The van der Waals surface area contributed by atoms with Crippen molar-refractivity contribution in [2.45, 2.75) is 51.7 Å². The second-order valence-electron chi connectivity index (χ2n) is 11.6. The van der Waals surface area contributed by atoms with Crippen LogP contribution < -0.4 is 0 Å².